The van der Waals surface area contributed by atoms with Crippen molar-refractivity contribution in [2.45, 2.75) is 79.2 Å². The van der Waals surface area contributed by atoms with E-state index in [0.717, 1.165) is 6.42 Å². The van der Waals surface area contributed by atoms with Gasteiger partial charge < -0.3 is 19.2 Å². The van der Waals surface area contributed by atoms with E-state index < -0.39 is 14.6 Å². The zero-order chi connectivity index (χ0) is 19.4. The molecule has 1 rings (SSSR count). The van der Waals surface area contributed by atoms with E-state index in [0.29, 0.717) is 25.4 Å². The summed E-state index contributed by atoms with van der Waals surface area (Å²) < 4.78 is 12.0. The van der Waals surface area contributed by atoms with E-state index in [-0.39, 0.29) is 30.1 Å². The van der Waals surface area contributed by atoms with Crippen molar-refractivity contribution in [1.82, 2.24) is 4.90 Å². The number of aliphatic hydroxyl groups is 1. The number of carbonyl (C=O) groups excluding carboxylic acids is 1. The third kappa shape index (κ3) is 7.27. The highest BCUT2D eigenvalue weighted by molar-refractivity contribution is 6.48. The lowest BCUT2D eigenvalue weighted by molar-refractivity contribution is -0.0394. The Balaban J connectivity index is 2.91. The molecule has 25 heavy (non-hydrogen) atoms. The summed E-state index contributed by atoms with van der Waals surface area (Å²) in [4.78, 5) is 14.2. The Morgan fingerprint density at radius 2 is 1.84 bits per heavy atom. The first-order chi connectivity index (χ1) is 11.3. The van der Waals surface area contributed by atoms with E-state index >= 15 is 0 Å². The molecule has 148 valence electrons. The number of nitrogens with zero attached hydrogens (tertiary/aromatic N) is 1. The molecule has 1 heterocycles. The summed E-state index contributed by atoms with van der Waals surface area (Å²) in [7, 11) is -1.18. The van der Waals surface area contributed by atoms with Crippen LogP contribution in [0, 0.1) is 17.3 Å². The minimum atomic E-state index is -1.18. The van der Waals surface area contributed by atoms with Gasteiger partial charge in [0, 0.05) is 19.7 Å². The number of aliphatic hydroxyl groups excluding tert-OH is 1. The average Bonchev–Trinajstić information content (AvgIpc) is 2.42. The van der Waals surface area contributed by atoms with Crippen molar-refractivity contribution in [3.8, 4) is 0 Å². The maximum Gasteiger partial charge on any atom is 0.410 e. The summed E-state index contributed by atoms with van der Waals surface area (Å²) in [5.41, 5.74) is -0.440. The molecular formula is C19H39NO4Si. The van der Waals surface area contributed by atoms with Gasteiger partial charge in [0.05, 0.1) is 6.10 Å². The van der Waals surface area contributed by atoms with Crippen LogP contribution >= 0.6 is 0 Å². The van der Waals surface area contributed by atoms with Gasteiger partial charge in [0.1, 0.15) is 5.60 Å². The van der Waals surface area contributed by atoms with Gasteiger partial charge in [-0.05, 0) is 64.0 Å². The van der Waals surface area contributed by atoms with E-state index in [1.54, 1.807) is 4.90 Å². The summed E-state index contributed by atoms with van der Waals surface area (Å²) in [6.07, 6.45) is 1.50. The molecule has 0 aromatic rings. The predicted octanol–water partition coefficient (Wildman–Crippen LogP) is 3.66. The largest absolute Gasteiger partial charge is 0.444 e. The van der Waals surface area contributed by atoms with Crippen molar-refractivity contribution in [2.24, 2.45) is 17.3 Å². The molecule has 1 aliphatic rings. The number of piperidine rings is 1. The normalized spacial score (nSPS) is 23.7. The predicted molar refractivity (Wildman–Crippen MR) is 104 cm³/mol. The number of hydrogen-bond donors (Lipinski definition) is 1. The van der Waals surface area contributed by atoms with E-state index in [9.17, 15) is 9.90 Å². The SMILES string of the molecule is C[SiH](C)OC([C@H]1CCN(C(=O)OC(C)(C)C)C[C@@H]1CCO)C(C)(C)C. The molecule has 6 heteroatoms. The van der Waals surface area contributed by atoms with Crippen LogP contribution in [0.3, 0.4) is 0 Å². The van der Waals surface area contributed by atoms with Gasteiger partial charge in [-0.25, -0.2) is 4.79 Å². The van der Waals surface area contributed by atoms with Crippen molar-refractivity contribution in [2.75, 3.05) is 19.7 Å². The van der Waals surface area contributed by atoms with Crippen LogP contribution in [-0.2, 0) is 9.16 Å². The standard InChI is InChI=1S/C19H39NO4Si/c1-18(2,3)16(24-25(7)8)15-9-11-20(13-14(15)10-12-21)17(22)23-19(4,5)6/h14-16,21,25H,9-13H2,1-8H3/t14-,15-,16?/m0/s1. The van der Waals surface area contributed by atoms with Crippen LogP contribution in [0.2, 0.25) is 13.1 Å². The molecule has 0 aliphatic carbocycles. The van der Waals surface area contributed by atoms with E-state index in [1.807, 2.05) is 20.8 Å². The van der Waals surface area contributed by atoms with Crippen molar-refractivity contribution in [1.29, 1.82) is 0 Å². The molecule has 0 aromatic carbocycles. The highest BCUT2D eigenvalue weighted by Gasteiger charge is 2.42. The van der Waals surface area contributed by atoms with E-state index in [2.05, 4.69) is 33.9 Å². The fourth-order valence-corrected chi connectivity index (χ4v) is 4.85. The zero-order valence-electron chi connectivity index (χ0n) is 17.5. The molecule has 0 radical (unpaired) electrons. The molecular weight excluding hydrogens is 334 g/mol. The Bertz CT molecular complexity index is 428. The highest BCUT2D eigenvalue weighted by Crippen LogP contribution is 2.39. The second-order valence-corrected chi connectivity index (χ2v) is 12.0. The maximum absolute atomic E-state index is 12.4. The fraction of sp³-hybridized carbons (Fsp3) is 0.947. The Kier molecular flexibility index (Phi) is 7.96. The second-order valence-electron chi connectivity index (χ2n) is 9.62. The molecule has 1 unspecified atom stereocenters. The summed E-state index contributed by atoms with van der Waals surface area (Å²) in [6.45, 7) is 18.2. The van der Waals surface area contributed by atoms with Crippen molar-refractivity contribution in [3.63, 3.8) is 0 Å². The average molecular weight is 374 g/mol. The molecule has 1 aliphatic heterocycles. The lowest BCUT2D eigenvalue weighted by Crippen LogP contribution is -2.52. The quantitative estimate of drug-likeness (QED) is 0.747. The minimum absolute atomic E-state index is 0.0454. The first-order valence-corrected chi connectivity index (χ1v) is 12.4. The molecule has 0 saturated carbocycles. The first kappa shape index (κ1) is 22.4. The van der Waals surface area contributed by atoms with E-state index in [4.69, 9.17) is 9.16 Å². The summed E-state index contributed by atoms with van der Waals surface area (Å²) in [5, 5.41) is 9.55. The number of hydrogen-bond acceptors (Lipinski definition) is 4. The Morgan fingerprint density at radius 3 is 2.28 bits per heavy atom. The molecule has 1 N–H and O–H groups in total. The first-order valence-electron chi connectivity index (χ1n) is 9.59. The van der Waals surface area contributed by atoms with Gasteiger partial charge in [0.2, 0.25) is 0 Å². The third-order valence-corrected chi connectivity index (χ3v) is 5.44. The summed E-state index contributed by atoms with van der Waals surface area (Å²) in [5.74, 6) is 0.601. The number of carbonyl (C=O) groups is 1. The van der Waals surface area contributed by atoms with Gasteiger partial charge >= 0.3 is 6.09 Å². The monoisotopic (exact) mass is 373 g/mol. The molecule has 0 aromatic heterocycles. The van der Waals surface area contributed by atoms with Crippen molar-refractivity contribution >= 4 is 15.1 Å². The number of rotatable bonds is 5. The van der Waals surface area contributed by atoms with Crippen molar-refractivity contribution in [3.05, 3.63) is 0 Å². The Hall–Kier alpha value is -0.593. The number of amides is 1. The zero-order valence-corrected chi connectivity index (χ0v) is 18.6. The maximum atomic E-state index is 12.4. The second kappa shape index (κ2) is 8.87. The molecule has 1 amide bonds. The molecule has 0 spiro atoms. The van der Waals surface area contributed by atoms with Crippen LogP contribution in [0.1, 0.15) is 54.4 Å². The van der Waals surface area contributed by atoms with Crippen LogP contribution in [0.25, 0.3) is 0 Å². The highest BCUT2D eigenvalue weighted by atomic mass is 28.3. The van der Waals surface area contributed by atoms with Crippen LogP contribution in [0.15, 0.2) is 0 Å². The van der Waals surface area contributed by atoms with Crippen LogP contribution < -0.4 is 0 Å². The van der Waals surface area contributed by atoms with Gasteiger partial charge in [-0.15, -0.1) is 0 Å². The van der Waals surface area contributed by atoms with Gasteiger partial charge in [-0.3, -0.25) is 0 Å². The minimum Gasteiger partial charge on any atom is -0.444 e. The van der Waals surface area contributed by atoms with Gasteiger partial charge in [-0.2, -0.15) is 0 Å². The van der Waals surface area contributed by atoms with Gasteiger partial charge in [-0.1, -0.05) is 20.8 Å². The van der Waals surface area contributed by atoms with Crippen LogP contribution in [0.4, 0.5) is 4.79 Å². The molecule has 3 atom stereocenters. The number of likely N-dealkylation sites (tertiary alicyclic amines) is 1. The molecule has 1 saturated heterocycles. The van der Waals surface area contributed by atoms with Crippen LogP contribution in [-0.4, -0.2) is 56.5 Å². The summed E-state index contributed by atoms with van der Waals surface area (Å²) in [6, 6.07) is 0. The number of ether oxygens (including phenoxy) is 1. The lowest BCUT2D eigenvalue weighted by Gasteiger charge is -2.46. The van der Waals surface area contributed by atoms with Gasteiger partial charge in [0.15, 0.2) is 9.04 Å². The third-order valence-electron chi connectivity index (χ3n) is 4.61. The lowest BCUT2D eigenvalue weighted by atomic mass is 9.71. The van der Waals surface area contributed by atoms with Gasteiger partial charge in [0.25, 0.3) is 0 Å². The molecule has 0 bridgehead atoms. The summed E-state index contributed by atoms with van der Waals surface area (Å²) >= 11 is 0. The molecule has 5 nitrogen and oxygen atoms in total. The topological polar surface area (TPSA) is 59.0 Å². The molecule has 1 fully saturated rings. The van der Waals surface area contributed by atoms with Crippen LogP contribution in [0.5, 0.6) is 0 Å². The Labute approximate surface area is 155 Å². The fourth-order valence-electron chi connectivity index (χ4n) is 3.65. The smallest absolute Gasteiger partial charge is 0.410 e. The Morgan fingerprint density at radius 1 is 1.24 bits per heavy atom. The van der Waals surface area contributed by atoms with Crippen molar-refractivity contribution < 1.29 is 19.1 Å². The van der Waals surface area contributed by atoms with E-state index in [1.165, 1.54) is 0 Å².